The molecule has 6 nitrogen and oxygen atoms in total. The van der Waals surface area contributed by atoms with Crippen molar-refractivity contribution in [2.75, 3.05) is 5.73 Å². The Balaban J connectivity index is 0.00000242. The van der Waals surface area contributed by atoms with Crippen molar-refractivity contribution in [2.45, 2.75) is 4.90 Å². The summed E-state index contributed by atoms with van der Waals surface area (Å²) in [5.74, 6) is 0. The second-order valence-corrected chi connectivity index (χ2v) is 7.12. The summed E-state index contributed by atoms with van der Waals surface area (Å²) in [4.78, 5) is -0.195. The molecular weight excluding hydrogens is 449 g/mol. The molecule has 2 rings (SSSR count). The normalized spacial score (nSPS) is 11.4. The monoisotopic (exact) mass is 457 g/mol. The van der Waals surface area contributed by atoms with Gasteiger partial charge in [-0.05, 0) is 68.3 Å². The van der Waals surface area contributed by atoms with Crippen LogP contribution < -0.4 is 5.73 Å². The van der Waals surface area contributed by atoms with E-state index < -0.39 is 10.1 Å². The van der Waals surface area contributed by atoms with Crippen molar-refractivity contribution in [3.05, 3.63) is 45.3 Å². The van der Waals surface area contributed by atoms with Gasteiger partial charge in [0.1, 0.15) is 0 Å². The summed E-state index contributed by atoms with van der Waals surface area (Å²) in [5.41, 5.74) is 7.35. The van der Waals surface area contributed by atoms with E-state index >= 15 is 0 Å². The van der Waals surface area contributed by atoms with Gasteiger partial charge < -0.3 is 5.73 Å². The van der Waals surface area contributed by atoms with Gasteiger partial charge in [0.2, 0.25) is 0 Å². The van der Waals surface area contributed by atoms with Crippen molar-refractivity contribution in [3.63, 3.8) is 0 Å². The molecule has 0 heterocycles. The Labute approximate surface area is 166 Å². The van der Waals surface area contributed by atoms with E-state index in [2.05, 4.69) is 42.1 Å². The number of halogens is 2. The summed E-state index contributed by atoms with van der Waals surface area (Å²) >= 11 is 6.61. The number of nitrogens with two attached hydrogens (primary N) is 1. The fourth-order valence-electron chi connectivity index (χ4n) is 1.43. The van der Waals surface area contributed by atoms with Gasteiger partial charge in [-0.15, -0.1) is 0 Å². The van der Waals surface area contributed by atoms with Crippen LogP contribution in [0, 0.1) is 0 Å². The topological polar surface area (TPSA) is 105 Å². The van der Waals surface area contributed by atoms with Gasteiger partial charge in [-0.25, -0.2) is 0 Å². The Morgan fingerprint density at radius 3 is 1.86 bits per heavy atom. The molecule has 0 aliphatic carbocycles. The molecule has 0 aliphatic heterocycles. The molecule has 112 valence electrons. The number of nitrogens with zero attached hydrogens (tertiary/aromatic N) is 2. The van der Waals surface area contributed by atoms with Crippen LogP contribution in [0.25, 0.3) is 0 Å². The van der Waals surface area contributed by atoms with E-state index in [-0.39, 0.29) is 34.5 Å². The summed E-state index contributed by atoms with van der Waals surface area (Å²) in [5, 5.41) is 8.01. The quantitative estimate of drug-likeness (QED) is 0.315. The molecule has 0 aliphatic rings. The first-order valence-electron chi connectivity index (χ1n) is 5.51. The predicted molar refractivity (Wildman–Crippen MR) is 93.8 cm³/mol. The number of hydrogen-bond acceptors (Lipinski definition) is 5. The third-order valence-corrected chi connectivity index (χ3v) is 4.66. The molecule has 2 aromatic carbocycles. The molecule has 3 N–H and O–H groups in total. The van der Waals surface area contributed by atoms with Crippen LogP contribution in [-0.2, 0) is 10.1 Å². The van der Waals surface area contributed by atoms with Crippen LogP contribution in [0.15, 0.2) is 60.5 Å². The van der Waals surface area contributed by atoms with Gasteiger partial charge in [-0.1, -0.05) is 0 Å². The van der Waals surface area contributed by atoms with Crippen molar-refractivity contribution in [1.82, 2.24) is 0 Å². The van der Waals surface area contributed by atoms with Crippen LogP contribution in [0.4, 0.5) is 17.1 Å². The predicted octanol–water partition coefficient (Wildman–Crippen LogP) is 3.81. The molecule has 0 amide bonds. The Hall–Kier alpha value is -0.290. The van der Waals surface area contributed by atoms with Crippen LogP contribution in [0.3, 0.4) is 0 Å². The van der Waals surface area contributed by atoms with E-state index in [1.165, 1.54) is 24.3 Å². The van der Waals surface area contributed by atoms with Crippen molar-refractivity contribution < 1.29 is 13.0 Å². The summed E-state index contributed by atoms with van der Waals surface area (Å²) < 4.78 is 32.1. The molecule has 0 fully saturated rings. The number of benzene rings is 2. The van der Waals surface area contributed by atoms with Gasteiger partial charge >= 0.3 is 29.6 Å². The zero-order valence-corrected chi connectivity index (χ0v) is 14.4. The van der Waals surface area contributed by atoms with Gasteiger partial charge in [0, 0.05) is 8.95 Å². The average molecular weight is 459 g/mol. The first kappa shape index (κ1) is 19.8. The number of rotatable bonds is 3. The molecule has 2 aromatic rings. The Bertz CT molecular complexity index is 788. The van der Waals surface area contributed by atoms with Gasteiger partial charge in [-0.3, -0.25) is 4.55 Å². The number of hydrogen-bond donors (Lipinski definition) is 2. The maximum atomic E-state index is 10.9. The third-order valence-electron chi connectivity index (χ3n) is 2.48. The van der Waals surface area contributed by atoms with Crippen molar-refractivity contribution in [1.29, 1.82) is 0 Å². The molecule has 0 saturated carbocycles. The molecule has 0 spiro atoms. The molecule has 22 heavy (non-hydrogen) atoms. The van der Waals surface area contributed by atoms with Gasteiger partial charge in [0.15, 0.2) is 0 Å². The summed E-state index contributed by atoms with van der Waals surface area (Å²) in [6.07, 6.45) is 0. The van der Waals surface area contributed by atoms with Crippen LogP contribution in [0.2, 0.25) is 0 Å². The minimum absolute atomic E-state index is 0. The number of azo groups is 1. The number of anilines is 1. The van der Waals surface area contributed by atoms with Crippen molar-refractivity contribution in [3.8, 4) is 0 Å². The van der Waals surface area contributed by atoms with E-state index in [4.69, 9.17) is 10.3 Å². The van der Waals surface area contributed by atoms with Crippen LogP contribution >= 0.6 is 31.9 Å². The van der Waals surface area contributed by atoms with Crippen molar-refractivity contribution in [2.24, 2.45) is 10.2 Å². The van der Waals surface area contributed by atoms with Gasteiger partial charge in [0.05, 0.1) is 22.0 Å². The molecule has 0 saturated heterocycles. The second-order valence-electron chi connectivity index (χ2n) is 3.99. The summed E-state index contributed by atoms with van der Waals surface area (Å²) in [6.45, 7) is 0. The van der Waals surface area contributed by atoms with Gasteiger partial charge in [0.25, 0.3) is 10.1 Å². The zero-order chi connectivity index (χ0) is 15.6. The molecule has 0 radical (unpaired) electrons. The van der Waals surface area contributed by atoms with Crippen LogP contribution in [-0.4, -0.2) is 42.5 Å². The van der Waals surface area contributed by atoms with E-state index in [0.717, 1.165) is 0 Å². The molecule has 0 aromatic heterocycles. The Morgan fingerprint density at radius 2 is 1.41 bits per heavy atom. The average Bonchev–Trinajstić information content (AvgIpc) is 2.42. The zero-order valence-electron chi connectivity index (χ0n) is 10.4. The molecule has 0 unspecified atom stereocenters. The summed E-state index contributed by atoms with van der Waals surface area (Å²) in [6, 6.07) is 8.78. The van der Waals surface area contributed by atoms with E-state index in [1.807, 2.05) is 0 Å². The standard InChI is InChI=1S/C12H9Br2N3O3S.Na.H/c13-10-5-8(6-11(14)12(10)15)17-16-7-1-3-9(4-2-7)21(18,19)20;;/h1-6H,15H2,(H,18,19,20);;/b17-16+;;. The fraction of sp³-hybridized carbons (Fsp3) is 0. The molecule has 10 heteroatoms. The minimum atomic E-state index is -4.20. The second kappa shape index (κ2) is 8.00. The fourth-order valence-corrected chi connectivity index (χ4v) is 3.07. The third kappa shape index (κ3) is 5.12. The van der Waals surface area contributed by atoms with E-state index in [0.29, 0.717) is 26.0 Å². The SMILES string of the molecule is Nc1c(Br)cc(/N=N/c2ccc(S(=O)(=O)O)cc2)cc1Br.[NaH]. The summed E-state index contributed by atoms with van der Waals surface area (Å²) in [7, 11) is -4.20. The number of nitrogen functional groups attached to an aromatic ring is 1. The first-order valence-corrected chi connectivity index (χ1v) is 8.54. The van der Waals surface area contributed by atoms with Crippen LogP contribution in [0.1, 0.15) is 0 Å². The van der Waals surface area contributed by atoms with Gasteiger partial charge in [-0.2, -0.15) is 18.6 Å². The first-order chi connectivity index (χ1) is 9.77. The van der Waals surface area contributed by atoms with Crippen molar-refractivity contribution >= 4 is 88.6 Å². The van der Waals surface area contributed by atoms with E-state index in [9.17, 15) is 8.42 Å². The molecular formula is C12H10Br2N3NaO3S. The molecule has 0 bridgehead atoms. The Morgan fingerprint density at radius 1 is 0.955 bits per heavy atom. The molecule has 0 atom stereocenters. The van der Waals surface area contributed by atoms with E-state index in [1.54, 1.807) is 12.1 Å². The Kier molecular flexibility index (Phi) is 7.19. The maximum absolute atomic E-state index is 10.9. The van der Waals surface area contributed by atoms with Crippen LogP contribution in [0.5, 0.6) is 0 Å².